The maximum absolute atomic E-state index is 13.3. The van der Waals surface area contributed by atoms with Gasteiger partial charge in [-0.1, -0.05) is 5.16 Å². The van der Waals surface area contributed by atoms with E-state index in [2.05, 4.69) is 30.9 Å². The largest absolute Gasteiger partial charge is 0.443 e. The Morgan fingerprint density at radius 2 is 2.00 bits per heavy atom. The van der Waals surface area contributed by atoms with Crippen LogP contribution in [0.25, 0.3) is 17.0 Å². The number of hydrogen-bond acceptors (Lipinski definition) is 11. The van der Waals surface area contributed by atoms with Crippen LogP contribution in [0.15, 0.2) is 40.0 Å². The molecule has 15 heteroatoms. The lowest BCUT2D eigenvalue weighted by molar-refractivity contribution is 0.00677. The summed E-state index contributed by atoms with van der Waals surface area (Å²) >= 11 is 0. The molecule has 0 saturated heterocycles. The smallest absolute Gasteiger partial charge is 0.414 e. The fourth-order valence-electron chi connectivity index (χ4n) is 4.28. The molecule has 2 amide bonds. The first-order valence-electron chi connectivity index (χ1n) is 12.9. The molecule has 1 saturated carbocycles. The molecule has 4 heterocycles. The molecular formula is C26H31N9O6. The third kappa shape index (κ3) is 5.61. The molecule has 0 unspecified atom stereocenters. The molecule has 0 spiro atoms. The van der Waals surface area contributed by atoms with Gasteiger partial charge in [0.15, 0.2) is 5.52 Å². The molecule has 2 atom stereocenters. The number of pyridine rings is 2. The summed E-state index contributed by atoms with van der Waals surface area (Å²) < 4.78 is 19.1. The summed E-state index contributed by atoms with van der Waals surface area (Å²) in [5, 5.41) is 14.1. The van der Waals surface area contributed by atoms with Crippen LogP contribution in [0, 0.1) is 0 Å². The van der Waals surface area contributed by atoms with Crippen LogP contribution >= 0.6 is 0 Å². The van der Waals surface area contributed by atoms with E-state index in [1.807, 2.05) is 0 Å². The van der Waals surface area contributed by atoms with Crippen LogP contribution < -0.4 is 21.1 Å². The number of hydrogen-bond donors (Lipinski definition) is 2. The maximum Gasteiger partial charge on any atom is 0.414 e. The van der Waals surface area contributed by atoms with Crippen LogP contribution in [0.5, 0.6) is 0 Å². The minimum absolute atomic E-state index is 0.0915. The summed E-state index contributed by atoms with van der Waals surface area (Å²) in [7, 11) is 4.78. The van der Waals surface area contributed by atoms with Crippen LogP contribution in [0.1, 0.15) is 44.2 Å². The van der Waals surface area contributed by atoms with Gasteiger partial charge in [0.25, 0.3) is 17.4 Å². The quantitative estimate of drug-likeness (QED) is 0.337. The standard InChI is InChI=1S/C26H31N9O6/c1-26(2,3)40-25(38)34(5)16-12-18(28-15-8-7-11-35(23(15)37)24-27-13-33(4)31-24)30-20-19(16)32-41-21(20)22(36)29-14-9-10-17(14)39-6/h7-8,11-14,17H,9-10H2,1-6H3,(H,28,30)(H,29,36)/t14-,17-/m1/s1. The van der Waals surface area contributed by atoms with E-state index in [4.69, 9.17) is 14.0 Å². The number of methoxy groups -OCH3 is 1. The number of carbonyl (C=O) groups is 2. The van der Waals surface area contributed by atoms with E-state index in [1.165, 1.54) is 39.8 Å². The number of nitrogens with zero attached hydrogens (tertiary/aromatic N) is 7. The van der Waals surface area contributed by atoms with E-state index in [0.717, 1.165) is 12.8 Å². The van der Waals surface area contributed by atoms with Crippen molar-refractivity contribution in [2.24, 2.45) is 7.05 Å². The molecular weight excluding hydrogens is 534 g/mol. The second-order valence-corrected chi connectivity index (χ2v) is 10.6. The fraction of sp³-hybridized carbons (Fsp3) is 0.423. The number of fused-ring (bicyclic) bond motifs is 1. The van der Waals surface area contributed by atoms with Crippen LogP contribution in [0.4, 0.5) is 22.0 Å². The number of nitrogens with one attached hydrogen (secondary N) is 2. The average Bonchev–Trinajstić information content (AvgIpc) is 3.52. The predicted molar refractivity (Wildman–Crippen MR) is 148 cm³/mol. The lowest BCUT2D eigenvalue weighted by Gasteiger charge is -2.35. The molecule has 216 valence electrons. The number of anilines is 3. The van der Waals surface area contributed by atoms with Gasteiger partial charge in [0, 0.05) is 33.5 Å². The van der Waals surface area contributed by atoms with Crippen molar-refractivity contribution in [3.63, 3.8) is 0 Å². The molecule has 1 aliphatic rings. The van der Waals surface area contributed by atoms with Gasteiger partial charge in [-0.2, -0.15) is 4.98 Å². The minimum atomic E-state index is -0.761. The first-order valence-corrected chi connectivity index (χ1v) is 12.9. The summed E-state index contributed by atoms with van der Waals surface area (Å²) in [4.78, 5) is 49.3. The van der Waals surface area contributed by atoms with Crippen molar-refractivity contribution in [3.8, 4) is 5.95 Å². The lowest BCUT2D eigenvalue weighted by Crippen LogP contribution is -2.51. The van der Waals surface area contributed by atoms with Crippen LogP contribution in [-0.2, 0) is 16.5 Å². The summed E-state index contributed by atoms with van der Waals surface area (Å²) in [6, 6.07) is 4.54. The van der Waals surface area contributed by atoms with E-state index in [9.17, 15) is 14.4 Å². The van der Waals surface area contributed by atoms with Gasteiger partial charge in [-0.15, -0.1) is 5.10 Å². The van der Waals surface area contributed by atoms with Crippen molar-refractivity contribution >= 4 is 40.2 Å². The Bertz CT molecular complexity index is 1670. The summed E-state index contributed by atoms with van der Waals surface area (Å²) in [5.41, 5.74) is -0.555. The number of rotatable bonds is 7. The molecule has 0 aliphatic heterocycles. The second-order valence-electron chi connectivity index (χ2n) is 10.6. The molecule has 0 radical (unpaired) electrons. The third-order valence-electron chi connectivity index (χ3n) is 6.49. The van der Waals surface area contributed by atoms with Crippen molar-refractivity contribution in [2.75, 3.05) is 24.4 Å². The third-order valence-corrected chi connectivity index (χ3v) is 6.49. The van der Waals surface area contributed by atoms with Crippen molar-refractivity contribution < 1.29 is 23.6 Å². The van der Waals surface area contributed by atoms with Gasteiger partial charge in [-0.05, 0) is 45.7 Å². The average molecular weight is 566 g/mol. The van der Waals surface area contributed by atoms with Gasteiger partial charge >= 0.3 is 6.09 Å². The molecule has 0 aromatic carbocycles. The van der Waals surface area contributed by atoms with E-state index < -0.39 is 23.2 Å². The topological polar surface area (TPSA) is 172 Å². The first-order chi connectivity index (χ1) is 19.4. The minimum Gasteiger partial charge on any atom is -0.443 e. The van der Waals surface area contributed by atoms with Crippen LogP contribution in [0.2, 0.25) is 0 Å². The first kappa shape index (κ1) is 27.8. The number of ether oxygens (including phenoxy) is 2. The highest BCUT2D eigenvalue weighted by Gasteiger charge is 2.34. The highest BCUT2D eigenvalue weighted by Crippen LogP contribution is 2.32. The van der Waals surface area contributed by atoms with E-state index in [0.29, 0.717) is 0 Å². The van der Waals surface area contributed by atoms with Gasteiger partial charge in [0.2, 0.25) is 5.76 Å². The zero-order chi connectivity index (χ0) is 29.5. The predicted octanol–water partition coefficient (Wildman–Crippen LogP) is 2.52. The van der Waals surface area contributed by atoms with Gasteiger partial charge in [-0.25, -0.2) is 14.3 Å². The fourth-order valence-corrected chi connectivity index (χ4v) is 4.28. The Morgan fingerprint density at radius 3 is 2.63 bits per heavy atom. The zero-order valence-corrected chi connectivity index (χ0v) is 23.5. The molecule has 1 aliphatic carbocycles. The number of carbonyl (C=O) groups excluding carboxylic acids is 2. The van der Waals surface area contributed by atoms with E-state index in [1.54, 1.807) is 47.1 Å². The monoisotopic (exact) mass is 565 g/mol. The second kappa shape index (κ2) is 10.6. The van der Waals surface area contributed by atoms with E-state index in [-0.39, 0.29) is 52.1 Å². The Labute approximate surface area is 234 Å². The summed E-state index contributed by atoms with van der Waals surface area (Å²) in [6.45, 7) is 5.24. The van der Waals surface area contributed by atoms with E-state index >= 15 is 0 Å². The highest BCUT2D eigenvalue weighted by atomic mass is 16.6. The van der Waals surface area contributed by atoms with Crippen molar-refractivity contribution in [1.82, 2.24) is 34.8 Å². The Hall–Kier alpha value is -4.79. The molecule has 15 nitrogen and oxygen atoms in total. The Morgan fingerprint density at radius 1 is 1.22 bits per heavy atom. The molecule has 1 fully saturated rings. The van der Waals surface area contributed by atoms with Crippen molar-refractivity contribution in [2.45, 2.75) is 51.4 Å². The highest BCUT2D eigenvalue weighted by molar-refractivity contribution is 6.07. The zero-order valence-electron chi connectivity index (χ0n) is 23.5. The molecule has 4 aromatic heterocycles. The molecule has 41 heavy (non-hydrogen) atoms. The summed E-state index contributed by atoms with van der Waals surface area (Å²) in [6.07, 6.45) is 3.85. The van der Waals surface area contributed by atoms with Crippen molar-refractivity contribution in [3.05, 3.63) is 46.8 Å². The lowest BCUT2D eigenvalue weighted by atomic mass is 9.89. The van der Waals surface area contributed by atoms with Crippen LogP contribution in [-0.4, -0.2) is 73.4 Å². The van der Waals surface area contributed by atoms with Gasteiger partial charge in [-0.3, -0.25) is 19.2 Å². The Kier molecular flexibility index (Phi) is 7.21. The number of amides is 2. The molecule has 5 rings (SSSR count). The van der Waals surface area contributed by atoms with Gasteiger partial charge in [0.05, 0.1) is 17.8 Å². The molecule has 0 bridgehead atoms. The van der Waals surface area contributed by atoms with Gasteiger partial charge < -0.3 is 24.6 Å². The number of aromatic nitrogens is 6. The maximum atomic E-state index is 13.3. The van der Waals surface area contributed by atoms with Gasteiger partial charge in [0.1, 0.15) is 29.0 Å². The SMILES string of the molecule is CO[C@@H]1CC[C@H]1NC(=O)c1onc2c(N(C)C(=O)OC(C)(C)C)cc(Nc3cccn(-c4ncn(C)n4)c3=O)nc12. The Balaban J connectivity index is 1.55. The number of aryl methyl sites for hydroxylation is 1. The van der Waals surface area contributed by atoms with Crippen molar-refractivity contribution in [1.29, 1.82) is 0 Å². The molecule has 2 N–H and O–H groups in total. The summed E-state index contributed by atoms with van der Waals surface area (Å²) in [5.74, 6) is -0.328. The normalized spacial score (nSPS) is 16.7. The van der Waals surface area contributed by atoms with Crippen LogP contribution in [0.3, 0.4) is 0 Å². The molecule has 4 aromatic rings.